The maximum absolute atomic E-state index is 11.8. The van der Waals surface area contributed by atoms with Gasteiger partial charge in [0.15, 0.2) is 9.84 Å². The fourth-order valence-electron chi connectivity index (χ4n) is 1.99. The summed E-state index contributed by atoms with van der Waals surface area (Å²) in [5, 5.41) is 2.77. The van der Waals surface area contributed by atoms with Crippen LogP contribution < -0.4 is 5.32 Å². The van der Waals surface area contributed by atoms with Gasteiger partial charge in [-0.25, -0.2) is 8.42 Å². The highest BCUT2D eigenvalue weighted by Crippen LogP contribution is 2.31. The van der Waals surface area contributed by atoms with Crippen molar-refractivity contribution in [3.63, 3.8) is 0 Å². The van der Waals surface area contributed by atoms with E-state index in [9.17, 15) is 13.2 Å². The Morgan fingerprint density at radius 1 is 1.38 bits per heavy atom. The number of fused-ring (bicyclic) bond motifs is 1. The van der Waals surface area contributed by atoms with Crippen LogP contribution in [0.3, 0.4) is 0 Å². The molecule has 4 nitrogen and oxygen atoms in total. The summed E-state index contributed by atoms with van der Waals surface area (Å²) in [6, 6.07) is 6.66. The number of hydrogen-bond acceptors (Lipinski definition) is 3. The Bertz CT molecular complexity index is 522. The fraction of sp³-hybridized carbons (Fsp3) is 0.364. The number of hydrogen-bond donors (Lipinski definition) is 1. The van der Waals surface area contributed by atoms with Crippen molar-refractivity contribution >= 4 is 15.7 Å². The van der Waals surface area contributed by atoms with E-state index in [4.69, 9.17) is 0 Å². The third-order valence-corrected chi connectivity index (χ3v) is 4.50. The second-order valence-electron chi connectivity index (χ2n) is 3.90. The lowest BCUT2D eigenvalue weighted by Crippen LogP contribution is -2.32. The maximum atomic E-state index is 11.8. The van der Waals surface area contributed by atoms with Crippen LogP contribution >= 0.6 is 0 Å². The van der Waals surface area contributed by atoms with Gasteiger partial charge >= 0.3 is 0 Å². The first-order chi connectivity index (χ1) is 7.50. The van der Waals surface area contributed by atoms with Crippen LogP contribution in [-0.2, 0) is 14.6 Å². The van der Waals surface area contributed by atoms with Crippen LogP contribution in [0.5, 0.6) is 0 Å². The number of benzene rings is 1. The average molecular weight is 239 g/mol. The molecule has 1 aromatic carbocycles. The van der Waals surface area contributed by atoms with Crippen LogP contribution in [0.15, 0.2) is 29.2 Å². The van der Waals surface area contributed by atoms with E-state index < -0.39 is 9.84 Å². The first-order valence-electron chi connectivity index (χ1n) is 5.09. The van der Waals surface area contributed by atoms with Crippen molar-refractivity contribution < 1.29 is 13.2 Å². The van der Waals surface area contributed by atoms with E-state index in [1.807, 2.05) is 0 Å². The summed E-state index contributed by atoms with van der Waals surface area (Å²) in [7, 11) is -3.16. The van der Waals surface area contributed by atoms with E-state index in [0.717, 1.165) is 0 Å². The van der Waals surface area contributed by atoms with Gasteiger partial charge in [-0.2, -0.15) is 0 Å². The Morgan fingerprint density at radius 2 is 2.06 bits per heavy atom. The average Bonchev–Trinajstić information content (AvgIpc) is 2.23. The molecule has 0 aliphatic carbocycles. The van der Waals surface area contributed by atoms with Crippen LogP contribution in [0.25, 0.3) is 0 Å². The minimum absolute atomic E-state index is 0.0922. The molecule has 0 saturated carbocycles. The van der Waals surface area contributed by atoms with Crippen LogP contribution in [0.2, 0.25) is 0 Å². The van der Waals surface area contributed by atoms with Crippen LogP contribution in [0.4, 0.5) is 0 Å². The number of amides is 1. The van der Waals surface area contributed by atoms with Crippen molar-refractivity contribution in [1.82, 2.24) is 5.32 Å². The number of nitrogens with one attached hydrogen (secondary N) is 1. The molecule has 86 valence electrons. The first kappa shape index (κ1) is 11.1. The highest BCUT2D eigenvalue weighted by atomic mass is 32.2. The predicted molar refractivity (Wildman–Crippen MR) is 59.7 cm³/mol. The van der Waals surface area contributed by atoms with Gasteiger partial charge in [0.1, 0.15) is 0 Å². The second-order valence-corrected chi connectivity index (χ2v) is 5.98. The number of sulfone groups is 1. The maximum Gasteiger partial charge on any atom is 0.217 e. The molecule has 0 radical (unpaired) electrons. The molecule has 5 heteroatoms. The van der Waals surface area contributed by atoms with E-state index in [1.54, 1.807) is 24.3 Å². The summed E-state index contributed by atoms with van der Waals surface area (Å²) < 4.78 is 23.6. The number of rotatable bonds is 1. The van der Waals surface area contributed by atoms with Crippen molar-refractivity contribution in [1.29, 1.82) is 0 Å². The van der Waals surface area contributed by atoms with Crippen molar-refractivity contribution in [2.45, 2.75) is 24.3 Å². The standard InChI is InChI=1S/C11H13NO3S/c1-8(13)12-10-6-7-16(14,15)11-5-3-2-4-9(10)11/h2-5,10H,6-7H2,1H3,(H,12,13). The van der Waals surface area contributed by atoms with Gasteiger partial charge in [0.2, 0.25) is 5.91 Å². The minimum atomic E-state index is -3.16. The summed E-state index contributed by atoms with van der Waals surface area (Å²) in [5.74, 6) is -0.0475. The predicted octanol–water partition coefficient (Wildman–Crippen LogP) is 1.04. The summed E-state index contributed by atoms with van der Waals surface area (Å²) >= 11 is 0. The first-order valence-corrected chi connectivity index (χ1v) is 6.75. The molecule has 1 N–H and O–H groups in total. The molecule has 1 atom stereocenters. The molecule has 2 rings (SSSR count). The smallest absolute Gasteiger partial charge is 0.217 e. The third kappa shape index (κ3) is 1.95. The van der Waals surface area contributed by atoms with Crippen LogP contribution in [0, 0.1) is 0 Å². The van der Waals surface area contributed by atoms with Gasteiger partial charge in [0.25, 0.3) is 0 Å². The van der Waals surface area contributed by atoms with Gasteiger partial charge in [-0.3, -0.25) is 4.79 Å². The molecule has 1 unspecified atom stereocenters. The summed E-state index contributed by atoms with van der Waals surface area (Å²) in [4.78, 5) is 11.4. The number of carbonyl (C=O) groups excluding carboxylic acids is 1. The second kappa shape index (κ2) is 3.90. The Balaban J connectivity index is 2.47. The molecule has 0 fully saturated rings. The molecule has 1 amide bonds. The van der Waals surface area contributed by atoms with E-state index in [1.165, 1.54) is 6.92 Å². The molecule has 0 spiro atoms. The van der Waals surface area contributed by atoms with E-state index in [-0.39, 0.29) is 17.7 Å². The lowest BCUT2D eigenvalue weighted by atomic mass is 10.0. The van der Waals surface area contributed by atoms with Gasteiger partial charge < -0.3 is 5.32 Å². The molecule has 1 aromatic rings. The lowest BCUT2D eigenvalue weighted by molar-refractivity contribution is -0.119. The normalized spacial score (nSPS) is 22.2. The Morgan fingerprint density at radius 3 is 2.75 bits per heavy atom. The lowest BCUT2D eigenvalue weighted by Gasteiger charge is -2.25. The zero-order valence-corrected chi connectivity index (χ0v) is 9.75. The van der Waals surface area contributed by atoms with Crippen molar-refractivity contribution in [2.75, 3.05) is 5.75 Å². The van der Waals surface area contributed by atoms with Crippen molar-refractivity contribution in [3.8, 4) is 0 Å². The molecular formula is C11H13NO3S. The fourth-order valence-corrected chi connectivity index (χ4v) is 3.61. The summed E-state index contributed by atoms with van der Waals surface area (Å²) in [5.41, 5.74) is 0.698. The van der Waals surface area contributed by atoms with Crippen molar-refractivity contribution in [3.05, 3.63) is 29.8 Å². The van der Waals surface area contributed by atoms with Crippen molar-refractivity contribution in [2.24, 2.45) is 0 Å². The molecular weight excluding hydrogens is 226 g/mol. The molecule has 0 aromatic heterocycles. The Labute approximate surface area is 94.6 Å². The summed E-state index contributed by atoms with van der Waals surface area (Å²) in [6.45, 7) is 1.44. The highest BCUT2D eigenvalue weighted by molar-refractivity contribution is 7.91. The highest BCUT2D eigenvalue weighted by Gasteiger charge is 2.29. The zero-order chi connectivity index (χ0) is 11.8. The van der Waals surface area contributed by atoms with E-state index in [2.05, 4.69) is 5.32 Å². The molecule has 0 saturated heterocycles. The Kier molecular flexibility index (Phi) is 2.71. The van der Waals surface area contributed by atoms with Gasteiger partial charge in [0, 0.05) is 6.92 Å². The topological polar surface area (TPSA) is 63.2 Å². The van der Waals surface area contributed by atoms with Gasteiger partial charge in [-0.05, 0) is 18.1 Å². The summed E-state index contributed by atoms with van der Waals surface area (Å²) in [6.07, 6.45) is 0.443. The van der Waals surface area contributed by atoms with E-state index >= 15 is 0 Å². The van der Waals surface area contributed by atoms with Crippen LogP contribution in [-0.4, -0.2) is 20.1 Å². The Hall–Kier alpha value is -1.36. The SMILES string of the molecule is CC(=O)NC1CCS(=O)(=O)c2ccccc21. The largest absolute Gasteiger partial charge is 0.349 e. The third-order valence-electron chi connectivity index (χ3n) is 2.68. The van der Waals surface area contributed by atoms with Gasteiger partial charge in [-0.1, -0.05) is 18.2 Å². The van der Waals surface area contributed by atoms with Crippen LogP contribution in [0.1, 0.15) is 24.9 Å². The zero-order valence-electron chi connectivity index (χ0n) is 8.93. The van der Waals surface area contributed by atoms with E-state index in [0.29, 0.717) is 16.9 Å². The van der Waals surface area contributed by atoms with Gasteiger partial charge in [0.05, 0.1) is 16.7 Å². The monoisotopic (exact) mass is 239 g/mol. The minimum Gasteiger partial charge on any atom is -0.349 e. The van der Waals surface area contributed by atoms with Gasteiger partial charge in [-0.15, -0.1) is 0 Å². The molecule has 1 heterocycles. The quantitative estimate of drug-likeness (QED) is 0.796. The molecule has 1 aliphatic rings. The molecule has 1 aliphatic heterocycles. The molecule has 16 heavy (non-hydrogen) atoms. The molecule has 0 bridgehead atoms. The number of carbonyl (C=O) groups is 1.